The number of aromatic nitrogens is 2. The Kier molecular flexibility index (Phi) is 11.3. The zero-order chi connectivity index (χ0) is 16.8. The summed E-state index contributed by atoms with van der Waals surface area (Å²) in [6, 6.07) is 3.89. The molecule has 0 spiro atoms. The monoisotopic (exact) mass is 315 g/mol. The zero-order valence-electron chi connectivity index (χ0n) is 13.8. The Morgan fingerprint density at radius 3 is 2.27 bits per heavy atom. The van der Waals surface area contributed by atoms with Gasteiger partial charge in [-0.05, 0) is 32.1 Å². The number of allylic oxidation sites excluding steroid dienone is 3. The van der Waals surface area contributed by atoms with Crippen molar-refractivity contribution in [3.63, 3.8) is 0 Å². The average Bonchev–Trinajstić information content (AvgIpc) is 3.04. The second kappa shape index (κ2) is 12.5. The summed E-state index contributed by atoms with van der Waals surface area (Å²) in [6.45, 7) is 14.9. The lowest BCUT2D eigenvalue weighted by Gasteiger charge is -2.01. The summed E-state index contributed by atoms with van der Waals surface area (Å²) in [7, 11) is 0. The second-order valence-corrected chi connectivity index (χ2v) is 4.61. The van der Waals surface area contributed by atoms with E-state index in [-0.39, 0.29) is 0 Å². The number of thiazole rings is 1. The molecule has 0 aromatic carbocycles. The van der Waals surface area contributed by atoms with Crippen molar-refractivity contribution in [1.82, 2.24) is 9.97 Å². The van der Waals surface area contributed by atoms with Crippen molar-refractivity contribution < 1.29 is 0 Å². The lowest BCUT2D eigenvalue weighted by Crippen LogP contribution is -1.95. The highest BCUT2D eigenvalue weighted by Gasteiger charge is 2.04. The molecule has 2 rings (SSSR count). The van der Waals surface area contributed by atoms with Gasteiger partial charge in [-0.25, -0.2) is 4.98 Å². The first-order valence-electron chi connectivity index (χ1n) is 7.23. The standard InChI is InChI=1S/C13H13N3S.C3H6.C2H6/c1-3-11(4-2)15-13-16-12(9-17-13)10-5-7-14-8-6-10;1-3-2;1-2/h3-9H,1H2,2H3,(H,15,16);3H,1H2,2H3;1-2H3/b11-4+;;. The van der Waals surface area contributed by atoms with Crippen molar-refractivity contribution in [2.45, 2.75) is 27.7 Å². The summed E-state index contributed by atoms with van der Waals surface area (Å²) in [6.07, 6.45) is 9.01. The van der Waals surface area contributed by atoms with Gasteiger partial charge in [0.25, 0.3) is 0 Å². The molecule has 0 unspecified atom stereocenters. The first-order valence-corrected chi connectivity index (χ1v) is 8.11. The molecule has 0 aliphatic rings. The molecular formula is C18H25N3S. The molecule has 118 valence electrons. The van der Waals surface area contributed by atoms with Gasteiger partial charge in [0.05, 0.1) is 5.69 Å². The van der Waals surface area contributed by atoms with Gasteiger partial charge < -0.3 is 5.32 Å². The average molecular weight is 315 g/mol. The Balaban J connectivity index is 0.000000789. The predicted molar refractivity (Wildman–Crippen MR) is 100 cm³/mol. The van der Waals surface area contributed by atoms with E-state index in [1.165, 1.54) is 0 Å². The van der Waals surface area contributed by atoms with Crippen LogP contribution >= 0.6 is 11.3 Å². The molecule has 4 heteroatoms. The van der Waals surface area contributed by atoms with Crippen LogP contribution in [-0.2, 0) is 0 Å². The number of anilines is 1. The van der Waals surface area contributed by atoms with E-state index < -0.39 is 0 Å². The minimum Gasteiger partial charge on any atom is -0.332 e. The van der Waals surface area contributed by atoms with E-state index in [9.17, 15) is 0 Å². The normalized spacial score (nSPS) is 9.55. The van der Waals surface area contributed by atoms with E-state index in [1.54, 1.807) is 35.9 Å². The van der Waals surface area contributed by atoms with Gasteiger partial charge in [-0.1, -0.05) is 32.6 Å². The smallest absolute Gasteiger partial charge is 0.187 e. The largest absolute Gasteiger partial charge is 0.332 e. The fourth-order valence-corrected chi connectivity index (χ4v) is 2.09. The predicted octanol–water partition coefficient (Wildman–Crippen LogP) is 5.93. The van der Waals surface area contributed by atoms with Crippen LogP contribution in [-0.4, -0.2) is 9.97 Å². The highest BCUT2D eigenvalue weighted by Crippen LogP contribution is 2.25. The second-order valence-electron chi connectivity index (χ2n) is 3.76. The van der Waals surface area contributed by atoms with Crippen LogP contribution in [0.1, 0.15) is 27.7 Å². The summed E-state index contributed by atoms with van der Waals surface area (Å²) in [4.78, 5) is 8.50. The molecule has 0 radical (unpaired) electrons. The fourth-order valence-electron chi connectivity index (χ4n) is 1.35. The van der Waals surface area contributed by atoms with Gasteiger partial charge in [-0.3, -0.25) is 4.98 Å². The summed E-state index contributed by atoms with van der Waals surface area (Å²) >= 11 is 1.57. The Labute approximate surface area is 138 Å². The number of nitrogens with one attached hydrogen (secondary N) is 1. The van der Waals surface area contributed by atoms with E-state index in [2.05, 4.69) is 28.4 Å². The Bertz CT molecular complexity index is 571. The molecule has 0 fully saturated rings. The molecule has 0 aliphatic carbocycles. The maximum absolute atomic E-state index is 4.51. The van der Waals surface area contributed by atoms with Gasteiger partial charge in [-0.15, -0.1) is 17.9 Å². The molecule has 22 heavy (non-hydrogen) atoms. The molecule has 0 saturated heterocycles. The van der Waals surface area contributed by atoms with Crippen molar-refractivity contribution >= 4 is 16.5 Å². The molecule has 0 bridgehead atoms. The van der Waals surface area contributed by atoms with Gasteiger partial charge in [0.1, 0.15) is 0 Å². The number of rotatable bonds is 4. The van der Waals surface area contributed by atoms with E-state index in [0.717, 1.165) is 22.1 Å². The van der Waals surface area contributed by atoms with Crippen LogP contribution in [0.25, 0.3) is 11.3 Å². The minimum absolute atomic E-state index is 0.866. The Morgan fingerprint density at radius 1 is 1.18 bits per heavy atom. The number of hydrogen-bond donors (Lipinski definition) is 1. The van der Waals surface area contributed by atoms with E-state index in [4.69, 9.17) is 0 Å². The van der Waals surface area contributed by atoms with Crippen LogP contribution in [0.4, 0.5) is 5.13 Å². The number of nitrogens with zero attached hydrogens (tertiary/aromatic N) is 2. The van der Waals surface area contributed by atoms with Gasteiger partial charge in [0.2, 0.25) is 0 Å². The SMILES string of the molecule is C=C/C(=C\C)Nc1nc(-c2ccncc2)cs1.C=CC.CC. The third-order valence-electron chi connectivity index (χ3n) is 2.26. The molecule has 3 nitrogen and oxygen atoms in total. The quantitative estimate of drug-likeness (QED) is 0.561. The van der Waals surface area contributed by atoms with Crippen LogP contribution < -0.4 is 5.32 Å². The molecule has 2 aromatic rings. The van der Waals surface area contributed by atoms with Crippen molar-refractivity contribution in [3.05, 3.63) is 67.0 Å². The van der Waals surface area contributed by atoms with Crippen LogP contribution in [0, 0.1) is 0 Å². The molecular weight excluding hydrogens is 290 g/mol. The molecule has 1 N–H and O–H groups in total. The van der Waals surface area contributed by atoms with Gasteiger partial charge in [0.15, 0.2) is 5.13 Å². The molecule has 2 heterocycles. The lowest BCUT2D eigenvalue weighted by molar-refractivity contribution is 1.30. The van der Waals surface area contributed by atoms with Gasteiger partial charge in [0, 0.05) is 29.0 Å². The number of hydrogen-bond acceptors (Lipinski definition) is 4. The van der Waals surface area contributed by atoms with Gasteiger partial charge >= 0.3 is 0 Å². The zero-order valence-corrected chi connectivity index (χ0v) is 14.7. The molecule has 2 aromatic heterocycles. The molecule has 0 aliphatic heterocycles. The van der Waals surface area contributed by atoms with E-state index in [0.29, 0.717) is 0 Å². The minimum atomic E-state index is 0.866. The molecule has 0 amide bonds. The van der Waals surface area contributed by atoms with Crippen molar-refractivity contribution in [1.29, 1.82) is 0 Å². The van der Waals surface area contributed by atoms with E-state index >= 15 is 0 Å². The lowest BCUT2D eigenvalue weighted by atomic mass is 10.2. The highest BCUT2D eigenvalue weighted by atomic mass is 32.1. The maximum Gasteiger partial charge on any atom is 0.187 e. The summed E-state index contributed by atoms with van der Waals surface area (Å²) in [5.41, 5.74) is 2.99. The van der Waals surface area contributed by atoms with Crippen LogP contribution in [0.2, 0.25) is 0 Å². The molecule has 0 saturated carbocycles. The highest BCUT2D eigenvalue weighted by molar-refractivity contribution is 7.14. The summed E-state index contributed by atoms with van der Waals surface area (Å²) in [5.74, 6) is 0. The first-order chi connectivity index (χ1) is 10.7. The van der Waals surface area contributed by atoms with Crippen molar-refractivity contribution in [2.75, 3.05) is 5.32 Å². The van der Waals surface area contributed by atoms with E-state index in [1.807, 2.05) is 51.3 Å². The van der Waals surface area contributed by atoms with Gasteiger partial charge in [-0.2, -0.15) is 0 Å². The third-order valence-corrected chi connectivity index (χ3v) is 3.02. The Morgan fingerprint density at radius 2 is 1.77 bits per heavy atom. The third kappa shape index (κ3) is 6.99. The summed E-state index contributed by atoms with van der Waals surface area (Å²) in [5, 5.41) is 6.09. The van der Waals surface area contributed by atoms with Crippen LogP contribution in [0.3, 0.4) is 0 Å². The van der Waals surface area contributed by atoms with Crippen molar-refractivity contribution in [3.8, 4) is 11.3 Å². The van der Waals surface area contributed by atoms with Crippen LogP contribution in [0.5, 0.6) is 0 Å². The number of pyridine rings is 1. The molecule has 0 atom stereocenters. The van der Waals surface area contributed by atoms with Crippen molar-refractivity contribution in [2.24, 2.45) is 0 Å². The fraction of sp³-hybridized carbons (Fsp3) is 0.222. The summed E-state index contributed by atoms with van der Waals surface area (Å²) < 4.78 is 0. The topological polar surface area (TPSA) is 37.8 Å². The first kappa shape index (κ1) is 19.8. The Hall–Kier alpha value is -2.20. The van der Waals surface area contributed by atoms with Crippen LogP contribution in [0.15, 0.2) is 67.0 Å². The maximum atomic E-state index is 4.51.